The van der Waals surface area contributed by atoms with Crippen LogP contribution >= 0.6 is 0 Å². The second-order valence-electron chi connectivity index (χ2n) is 2.83. The lowest BCUT2D eigenvalue weighted by Gasteiger charge is -2.00. The lowest BCUT2D eigenvalue weighted by Crippen LogP contribution is -2.13. The first-order valence-electron chi connectivity index (χ1n) is 5.49. The molecule has 21 heavy (non-hydrogen) atoms. The van der Waals surface area contributed by atoms with Gasteiger partial charge in [0.15, 0.2) is 0 Å². The van der Waals surface area contributed by atoms with Crippen LogP contribution in [0.1, 0.15) is 26.7 Å². The number of esters is 2. The average Bonchev–Trinajstić information content (AvgIpc) is 2.28. The summed E-state index contributed by atoms with van der Waals surface area (Å²) in [5, 5.41) is 15.4. The molecule has 0 aromatic carbocycles. The third-order valence-electron chi connectivity index (χ3n) is 1.20. The maximum absolute atomic E-state index is 10.6. The largest absolute Gasteiger partial charge is 0.481 e. The Labute approximate surface area is 123 Å². The van der Waals surface area contributed by atoms with E-state index in [0.29, 0.717) is 0 Å². The molecule has 0 amide bonds. The Morgan fingerprint density at radius 2 is 1.10 bits per heavy atom. The van der Waals surface area contributed by atoms with Gasteiger partial charge in [0.2, 0.25) is 0 Å². The van der Waals surface area contributed by atoms with Crippen LogP contribution in [0.5, 0.6) is 0 Å². The topological polar surface area (TPSA) is 161 Å². The monoisotopic (exact) mass is 330 g/mol. The Morgan fingerprint density at radius 1 is 0.810 bits per heavy atom. The maximum atomic E-state index is 10.6. The number of hydrogen-bond acceptors (Lipinski definition) is 8. The number of carboxylic acids is 2. The van der Waals surface area contributed by atoms with Crippen LogP contribution in [-0.2, 0) is 40.2 Å². The van der Waals surface area contributed by atoms with E-state index >= 15 is 0 Å². The molecule has 0 saturated carbocycles. The van der Waals surface area contributed by atoms with Crippen molar-refractivity contribution < 1.29 is 47.3 Å². The molecule has 0 radical (unpaired) electrons. The minimum absolute atomic E-state index is 0.290. The van der Waals surface area contributed by atoms with E-state index in [9.17, 15) is 19.2 Å². The first-order valence-corrected chi connectivity index (χ1v) is 6.30. The summed E-state index contributed by atoms with van der Waals surface area (Å²) in [6.45, 7) is 3.95. The summed E-state index contributed by atoms with van der Waals surface area (Å²) in [4.78, 5) is 40.1. The Hall–Kier alpha value is -2.17. The summed E-state index contributed by atoms with van der Waals surface area (Å²) in [6, 6.07) is 0. The molecule has 0 aromatic heterocycles. The molecule has 0 unspecified atom stereocenters. The van der Waals surface area contributed by atoms with Gasteiger partial charge < -0.3 is 19.7 Å². The van der Waals surface area contributed by atoms with Crippen LogP contribution in [0.3, 0.4) is 0 Å². The molecule has 0 heterocycles. The number of aliphatic carboxylic acids is 2. The molecule has 0 bridgehead atoms. The van der Waals surface area contributed by atoms with Gasteiger partial charge in [0.25, 0.3) is 0 Å². The molecule has 0 aromatic rings. The van der Waals surface area contributed by atoms with Gasteiger partial charge in [0.05, 0.1) is 13.2 Å². The smallest absolute Gasteiger partial charge is 0.317 e. The van der Waals surface area contributed by atoms with Crippen LogP contribution in [0.4, 0.5) is 0 Å². The second-order valence-corrected chi connectivity index (χ2v) is 3.00. The van der Waals surface area contributed by atoms with Crippen LogP contribution in [0.2, 0.25) is 0 Å². The Kier molecular flexibility index (Phi) is 20.3. The van der Waals surface area contributed by atoms with Crippen molar-refractivity contribution in [2.24, 2.45) is 0 Å². The standard InChI is InChI=1S/C7H12O4.C3H4O4.H2O2S/c1-3-10-6(8)5-7(9)11-4-2;4-2(5)1-3(6)7;1-3-2/h3-5H2,1-2H3;1H2,(H,4,5)(H,6,7);3H2. The minimum Gasteiger partial charge on any atom is -0.481 e. The summed E-state index contributed by atoms with van der Waals surface area (Å²) in [7, 11) is 0. The van der Waals surface area contributed by atoms with E-state index in [0.717, 1.165) is 0 Å². The van der Waals surface area contributed by atoms with Crippen molar-refractivity contribution in [3.05, 3.63) is 0 Å². The molecule has 0 rings (SSSR count). The SMILES string of the molecule is CCOC(=O)CC(=O)OCC.O=C(O)CC(=O)O.O=[SH2]=O. The predicted octanol–water partition coefficient (Wildman–Crippen LogP) is -1.16. The summed E-state index contributed by atoms with van der Waals surface area (Å²) >= 11 is -1.42. The van der Waals surface area contributed by atoms with Crippen molar-refractivity contribution in [1.82, 2.24) is 0 Å². The van der Waals surface area contributed by atoms with Crippen molar-refractivity contribution in [2.45, 2.75) is 26.7 Å². The number of carboxylic acid groups (broad SMARTS) is 2. The van der Waals surface area contributed by atoms with E-state index in [1.54, 1.807) is 13.8 Å². The normalized spacial score (nSPS) is 8.10. The van der Waals surface area contributed by atoms with E-state index in [1.807, 2.05) is 0 Å². The molecule has 124 valence electrons. The molecule has 0 fully saturated rings. The number of hydrogen-bond donors (Lipinski definition) is 2. The molecule has 2 N–H and O–H groups in total. The van der Waals surface area contributed by atoms with Gasteiger partial charge in [-0.15, -0.1) is 0 Å². The molecular formula is C10H18O10S. The Morgan fingerprint density at radius 3 is 1.24 bits per heavy atom. The van der Waals surface area contributed by atoms with Crippen molar-refractivity contribution in [3.63, 3.8) is 0 Å². The zero-order valence-electron chi connectivity index (χ0n) is 11.5. The fraction of sp³-hybridized carbons (Fsp3) is 0.600. The Bertz CT molecular complexity index is 344. The third-order valence-corrected chi connectivity index (χ3v) is 1.20. The van der Waals surface area contributed by atoms with E-state index < -0.39 is 41.9 Å². The quantitative estimate of drug-likeness (QED) is 0.449. The molecular weight excluding hydrogens is 312 g/mol. The summed E-state index contributed by atoms with van der Waals surface area (Å²) in [5.74, 6) is -3.70. The highest BCUT2D eigenvalue weighted by Crippen LogP contribution is 1.89. The fourth-order valence-corrected chi connectivity index (χ4v) is 0.671. The predicted molar refractivity (Wildman–Crippen MR) is 69.5 cm³/mol. The van der Waals surface area contributed by atoms with Crippen molar-refractivity contribution in [3.8, 4) is 0 Å². The van der Waals surface area contributed by atoms with Gasteiger partial charge in [-0.05, 0) is 13.8 Å². The van der Waals surface area contributed by atoms with Crippen molar-refractivity contribution in [2.75, 3.05) is 13.2 Å². The van der Waals surface area contributed by atoms with E-state index in [2.05, 4.69) is 9.47 Å². The van der Waals surface area contributed by atoms with Gasteiger partial charge in [0, 0.05) is 0 Å². The fourth-order valence-electron chi connectivity index (χ4n) is 0.671. The summed E-state index contributed by atoms with van der Waals surface area (Å²) < 4.78 is 25.8. The molecule has 11 heteroatoms. The van der Waals surface area contributed by atoms with Crippen LogP contribution in [0.15, 0.2) is 0 Å². The first-order chi connectivity index (χ1) is 9.74. The van der Waals surface area contributed by atoms with Gasteiger partial charge in [-0.2, -0.15) is 0 Å². The molecule has 10 nitrogen and oxygen atoms in total. The van der Waals surface area contributed by atoms with Crippen LogP contribution in [-0.4, -0.2) is 55.7 Å². The molecule has 0 atom stereocenters. The second kappa shape index (κ2) is 17.8. The molecule has 0 aliphatic rings. The average molecular weight is 330 g/mol. The molecule has 0 aliphatic heterocycles. The number of carbonyl (C=O) groups excluding carboxylic acids is 2. The highest BCUT2D eigenvalue weighted by molar-refractivity contribution is 7.51. The lowest BCUT2D eigenvalue weighted by molar-refractivity contribution is -0.154. The van der Waals surface area contributed by atoms with Gasteiger partial charge in [-0.25, -0.2) is 8.42 Å². The van der Waals surface area contributed by atoms with Crippen molar-refractivity contribution >= 4 is 35.4 Å². The van der Waals surface area contributed by atoms with Gasteiger partial charge in [0.1, 0.15) is 24.4 Å². The number of carbonyl (C=O) groups is 4. The van der Waals surface area contributed by atoms with Crippen LogP contribution in [0.25, 0.3) is 0 Å². The zero-order valence-corrected chi connectivity index (χ0v) is 12.5. The summed E-state index contributed by atoms with van der Waals surface area (Å²) in [5.41, 5.74) is 0. The highest BCUT2D eigenvalue weighted by atomic mass is 32.1. The van der Waals surface area contributed by atoms with Gasteiger partial charge >= 0.3 is 23.9 Å². The maximum Gasteiger partial charge on any atom is 0.317 e. The van der Waals surface area contributed by atoms with Crippen LogP contribution < -0.4 is 0 Å². The van der Waals surface area contributed by atoms with E-state index in [1.165, 1.54) is 0 Å². The first kappa shape index (κ1) is 23.9. The number of ether oxygens (including phenoxy) is 2. The summed E-state index contributed by atoms with van der Waals surface area (Å²) in [6.07, 6.45) is -1.10. The van der Waals surface area contributed by atoms with Gasteiger partial charge in [-0.1, -0.05) is 0 Å². The van der Waals surface area contributed by atoms with E-state index in [4.69, 9.17) is 18.6 Å². The molecule has 0 saturated heterocycles. The number of rotatable bonds is 6. The minimum atomic E-state index is -1.42. The zero-order chi connectivity index (χ0) is 17.3. The van der Waals surface area contributed by atoms with Gasteiger partial charge in [-0.3, -0.25) is 19.2 Å². The Balaban J connectivity index is -0.000000277. The lowest BCUT2D eigenvalue weighted by atomic mass is 10.4. The highest BCUT2D eigenvalue weighted by Gasteiger charge is 2.09. The third kappa shape index (κ3) is 31.9. The van der Waals surface area contributed by atoms with Crippen LogP contribution in [0, 0.1) is 0 Å². The molecule has 0 aliphatic carbocycles. The van der Waals surface area contributed by atoms with E-state index in [-0.39, 0.29) is 19.6 Å². The van der Waals surface area contributed by atoms with Crippen molar-refractivity contribution in [1.29, 1.82) is 0 Å². The molecule has 0 spiro atoms.